The van der Waals surface area contributed by atoms with Gasteiger partial charge >= 0.3 is 0 Å². The highest BCUT2D eigenvalue weighted by Crippen LogP contribution is 2.26. The van der Waals surface area contributed by atoms with Crippen LogP contribution in [0.1, 0.15) is 15.9 Å². The predicted molar refractivity (Wildman–Crippen MR) is 94.8 cm³/mol. The molecule has 23 heavy (non-hydrogen) atoms. The molecule has 1 aliphatic rings. The summed E-state index contributed by atoms with van der Waals surface area (Å²) in [6, 6.07) is 15.1. The Morgan fingerprint density at radius 1 is 1.17 bits per heavy atom. The van der Waals surface area contributed by atoms with Crippen LogP contribution in [0.15, 0.2) is 53.5 Å². The number of aryl methyl sites for hydroxylation is 1. The van der Waals surface area contributed by atoms with Crippen LogP contribution in [0.2, 0.25) is 0 Å². The van der Waals surface area contributed by atoms with Gasteiger partial charge in [0.25, 0.3) is 5.91 Å². The van der Waals surface area contributed by atoms with Gasteiger partial charge in [-0.05, 0) is 42.8 Å². The summed E-state index contributed by atoms with van der Waals surface area (Å²) in [4.78, 5) is 19.2. The van der Waals surface area contributed by atoms with Gasteiger partial charge in [0.15, 0.2) is 5.17 Å². The largest absolute Gasteiger partial charge is 0.497 e. The average Bonchev–Trinajstić information content (AvgIpc) is 3.04. The molecular weight excluding hydrogens is 308 g/mol. The molecule has 1 heterocycles. The number of carbonyl (C=O) groups is 1. The number of carbonyl (C=O) groups excluding carboxylic acids is 1. The summed E-state index contributed by atoms with van der Waals surface area (Å²) in [5, 5.41) is 0.764. The van der Waals surface area contributed by atoms with Crippen LogP contribution < -0.4 is 4.74 Å². The Labute approximate surface area is 140 Å². The van der Waals surface area contributed by atoms with E-state index in [-0.39, 0.29) is 5.91 Å². The summed E-state index contributed by atoms with van der Waals surface area (Å²) >= 11 is 1.62. The number of amidine groups is 1. The third kappa shape index (κ3) is 3.40. The van der Waals surface area contributed by atoms with Crippen molar-refractivity contribution in [3.8, 4) is 5.75 Å². The first kappa shape index (κ1) is 15.6. The highest BCUT2D eigenvalue weighted by molar-refractivity contribution is 8.14. The second-order valence-electron chi connectivity index (χ2n) is 5.21. The van der Waals surface area contributed by atoms with Crippen molar-refractivity contribution in [3.63, 3.8) is 0 Å². The van der Waals surface area contributed by atoms with Crippen molar-refractivity contribution in [2.45, 2.75) is 6.92 Å². The summed E-state index contributed by atoms with van der Waals surface area (Å²) < 4.78 is 5.13. The zero-order valence-corrected chi connectivity index (χ0v) is 14.0. The van der Waals surface area contributed by atoms with Crippen molar-refractivity contribution >= 4 is 28.5 Å². The van der Waals surface area contributed by atoms with E-state index in [0.717, 1.165) is 27.9 Å². The number of thioether (sulfide) groups is 1. The maximum atomic E-state index is 12.7. The summed E-state index contributed by atoms with van der Waals surface area (Å²) in [6.45, 7) is 2.70. The third-order valence-corrected chi connectivity index (χ3v) is 4.65. The van der Waals surface area contributed by atoms with E-state index < -0.39 is 0 Å². The molecule has 1 aliphatic heterocycles. The van der Waals surface area contributed by atoms with Gasteiger partial charge in [-0.1, -0.05) is 30.0 Å². The van der Waals surface area contributed by atoms with E-state index in [1.165, 1.54) is 0 Å². The Morgan fingerprint density at radius 3 is 2.61 bits per heavy atom. The molecule has 0 unspecified atom stereocenters. The lowest BCUT2D eigenvalue weighted by Gasteiger charge is -2.16. The monoisotopic (exact) mass is 326 g/mol. The van der Waals surface area contributed by atoms with Crippen LogP contribution in [0.3, 0.4) is 0 Å². The molecule has 0 spiro atoms. The molecule has 5 heteroatoms. The Morgan fingerprint density at radius 2 is 1.91 bits per heavy atom. The minimum Gasteiger partial charge on any atom is -0.497 e. The number of amides is 1. The van der Waals surface area contributed by atoms with E-state index in [9.17, 15) is 4.79 Å². The summed E-state index contributed by atoms with van der Waals surface area (Å²) in [5.41, 5.74) is 2.65. The number of methoxy groups -OCH3 is 1. The first-order chi connectivity index (χ1) is 11.2. The average molecular weight is 326 g/mol. The molecule has 0 aromatic heterocycles. The quantitative estimate of drug-likeness (QED) is 0.859. The fraction of sp³-hybridized carbons (Fsp3) is 0.222. The van der Waals surface area contributed by atoms with Crippen LogP contribution in [0, 0.1) is 6.92 Å². The first-order valence-electron chi connectivity index (χ1n) is 7.42. The number of hydrogen-bond acceptors (Lipinski definition) is 4. The molecule has 3 rings (SSSR count). The van der Waals surface area contributed by atoms with Gasteiger partial charge in [0, 0.05) is 17.9 Å². The normalized spacial score (nSPS) is 15.9. The van der Waals surface area contributed by atoms with Crippen LogP contribution in [0.5, 0.6) is 5.75 Å². The van der Waals surface area contributed by atoms with E-state index in [1.54, 1.807) is 48.0 Å². The van der Waals surface area contributed by atoms with Gasteiger partial charge in [0.2, 0.25) is 0 Å². The second kappa shape index (κ2) is 6.87. The number of nitrogens with zero attached hydrogens (tertiary/aromatic N) is 2. The highest BCUT2D eigenvalue weighted by atomic mass is 32.2. The number of benzene rings is 2. The molecule has 0 aliphatic carbocycles. The molecule has 4 nitrogen and oxygen atoms in total. The molecule has 0 bridgehead atoms. The Balaban J connectivity index is 1.86. The van der Waals surface area contributed by atoms with Gasteiger partial charge in [-0.2, -0.15) is 0 Å². The molecular formula is C18H18N2O2S. The second-order valence-corrected chi connectivity index (χ2v) is 6.28. The molecule has 1 saturated heterocycles. The van der Waals surface area contributed by atoms with Gasteiger partial charge in [0.1, 0.15) is 5.75 Å². The molecule has 0 radical (unpaired) electrons. The number of rotatable bonds is 3. The van der Waals surface area contributed by atoms with Gasteiger partial charge in [-0.25, -0.2) is 4.99 Å². The van der Waals surface area contributed by atoms with Gasteiger partial charge < -0.3 is 4.74 Å². The summed E-state index contributed by atoms with van der Waals surface area (Å²) in [7, 11) is 1.61. The van der Waals surface area contributed by atoms with Gasteiger partial charge in [0.05, 0.1) is 12.8 Å². The number of para-hydroxylation sites is 1. The van der Waals surface area contributed by atoms with E-state index >= 15 is 0 Å². The zero-order chi connectivity index (χ0) is 16.2. The van der Waals surface area contributed by atoms with Crippen LogP contribution in [0.25, 0.3) is 0 Å². The summed E-state index contributed by atoms with van der Waals surface area (Å²) in [5.74, 6) is 1.59. The Hall–Kier alpha value is -2.27. The van der Waals surface area contributed by atoms with Crippen molar-refractivity contribution in [1.82, 2.24) is 4.90 Å². The summed E-state index contributed by atoms with van der Waals surface area (Å²) in [6.07, 6.45) is 0. The van der Waals surface area contributed by atoms with Crippen LogP contribution >= 0.6 is 11.8 Å². The minimum atomic E-state index is -0.0232. The van der Waals surface area contributed by atoms with E-state index in [2.05, 4.69) is 4.99 Å². The first-order valence-corrected chi connectivity index (χ1v) is 8.40. The maximum absolute atomic E-state index is 12.7. The predicted octanol–water partition coefficient (Wildman–Crippen LogP) is 3.88. The fourth-order valence-corrected chi connectivity index (χ4v) is 3.31. The third-order valence-electron chi connectivity index (χ3n) is 3.69. The standard InChI is InChI=1S/C18H18N2O2S/c1-13-5-3-4-6-16(13)19-18-20(11-12-23-18)17(21)14-7-9-15(22-2)10-8-14/h3-10H,11-12H2,1-2H3. The van der Waals surface area contributed by atoms with Crippen LogP contribution in [0.4, 0.5) is 5.69 Å². The van der Waals surface area contributed by atoms with E-state index in [0.29, 0.717) is 12.1 Å². The van der Waals surface area contributed by atoms with E-state index in [1.807, 2.05) is 31.2 Å². The maximum Gasteiger partial charge on any atom is 0.259 e. The molecule has 2 aromatic rings. The molecule has 0 saturated carbocycles. The van der Waals surface area contributed by atoms with Crippen molar-refractivity contribution in [1.29, 1.82) is 0 Å². The zero-order valence-electron chi connectivity index (χ0n) is 13.2. The van der Waals surface area contributed by atoms with Gasteiger partial charge in [-0.3, -0.25) is 9.69 Å². The Bertz CT molecular complexity index is 741. The van der Waals surface area contributed by atoms with Crippen molar-refractivity contribution in [2.24, 2.45) is 4.99 Å². The number of hydrogen-bond donors (Lipinski definition) is 0. The van der Waals surface area contributed by atoms with Crippen LogP contribution in [-0.2, 0) is 0 Å². The lowest BCUT2D eigenvalue weighted by Crippen LogP contribution is -2.31. The van der Waals surface area contributed by atoms with Crippen LogP contribution in [-0.4, -0.2) is 35.4 Å². The fourth-order valence-electron chi connectivity index (χ4n) is 2.36. The topological polar surface area (TPSA) is 41.9 Å². The smallest absolute Gasteiger partial charge is 0.259 e. The van der Waals surface area contributed by atoms with Crippen molar-refractivity contribution in [3.05, 3.63) is 59.7 Å². The molecule has 0 atom stereocenters. The van der Waals surface area contributed by atoms with Crippen molar-refractivity contribution in [2.75, 3.05) is 19.4 Å². The Kier molecular flexibility index (Phi) is 4.67. The SMILES string of the molecule is COc1ccc(C(=O)N2CCSC2=Nc2ccccc2C)cc1. The van der Waals surface area contributed by atoms with Gasteiger partial charge in [-0.15, -0.1) is 0 Å². The lowest BCUT2D eigenvalue weighted by atomic mass is 10.2. The minimum absolute atomic E-state index is 0.0232. The highest BCUT2D eigenvalue weighted by Gasteiger charge is 2.26. The molecule has 2 aromatic carbocycles. The molecule has 118 valence electrons. The lowest BCUT2D eigenvalue weighted by molar-refractivity contribution is 0.0859. The van der Waals surface area contributed by atoms with E-state index in [4.69, 9.17) is 4.74 Å². The number of ether oxygens (including phenoxy) is 1. The molecule has 1 amide bonds. The molecule has 0 N–H and O–H groups in total. The number of aliphatic imine (C=N–C) groups is 1. The molecule has 1 fully saturated rings. The van der Waals surface area contributed by atoms with Crippen molar-refractivity contribution < 1.29 is 9.53 Å².